The smallest absolute Gasteiger partial charge is 0.306 e. The van der Waals surface area contributed by atoms with Crippen LogP contribution < -0.4 is 0 Å². The van der Waals surface area contributed by atoms with Gasteiger partial charge in [0.05, 0.1) is 19.4 Å². The first kappa shape index (κ1) is 14.9. The van der Waals surface area contributed by atoms with Gasteiger partial charge in [-0.1, -0.05) is 0 Å². The summed E-state index contributed by atoms with van der Waals surface area (Å²) in [5.74, 6) is -1.52. The van der Waals surface area contributed by atoms with Crippen LogP contribution in [0.4, 0.5) is 0 Å². The van der Waals surface area contributed by atoms with E-state index < -0.39 is 18.0 Å². The van der Waals surface area contributed by atoms with Gasteiger partial charge in [0.2, 0.25) is 0 Å². The standard InChI is InChI=1S/C12H20O6/c1-9(18-11(15)6-5-10(13)14)8-17-12-4-2-3-7-16-12/h9,12H,2-8H2,1H3,(H,13,14)/t9-,12?/m0/s1. The highest BCUT2D eigenvalue weighted by Gasteiger charge is 2.17. The average Bonchev–Trinajstić information content (AvgIpc) is 2.35. The van der Waals surface area contributed by atoms with Crippen LogP contribution in [0.25, 0.3) is 0 Å². The summed E-state index contributed by atoms with van der Waals surface area (Å²) < 4.78 is 15.8. The highest BCUT2D eigenvalue weighted by Crippen LogP contribution is 2.14. The Morgan fingerprint density at radius 3 is 2.78 bits per heavy atom. The fraction of sp³-hybridized carbons (Fsp3) is 0.833. The van der Waals surface area contributed by atoms with E-state index in [1.807, 2.05) is 0 Å². The Morgan fingerprint density at radius 1 is 1.39 bits per heavy atom. The Morgan fingerprint density at radius 2 is 2.17 bits per heavy atom. The van der Waals surface area contributed by atoms with Crippen LogP contribution in [0.15, 0.2) is 0 Å². The topological polar surface area (TPSA) is 82.1 Å². The molecule has 0 bridgehead atoms. The molecule has 0 aromatic carbocycles. The summed E-state index contributed by atoms with van der Waals surface area (Å²) in [4.78, 5) is 21.5. The maximum Gasteiger partial charge on any atom is 0.306 e. The molecule has 18 heavy (non-hydrogen) atoms. The van der Waals surface area contributed by atoms with Gasteiger partial charge in [-0.25, -0.2) is 0 Å². The Hall–Kier alpha value is -1.14. The van der Waals surface area contributed by atoms with Crippen LogP contribution in [0, 0.1) is 0 Å². The lowest BCUT2D eigenvalue weighted by Gasteiger charge is -2.24. The van der Waals surface area contributed by atoms with Gasteiger partial charge in [0.25, 0.3) is 0 Å². The van der Waals surface area contributed by atoms with Crippen molar-refractivity contribution in [3.8, 4) is 0 Å². The zero-order chi connectivity index (χ0) is 13.4. The lowest BCUT2D eigenvalue weighted by molar-refractivity contribution is -0.183. The van der Waals surface area contributed by atoms with E-state index in [-0.39, 0.29) is 25.7 Å². The summed E-state index contributed by atoms with van der Waals surface area (Å²) in [6.45, 7) is 2.68. The van der Waals surface area contributed by atoms with Crippen molar-refractivity contribution in [3.63, 3.8) is 0 Å². The number of hydrogen-bond donors (Lipinski definition) is 1. The number of carboxylic acids is 1. The van der Waals surface area contributed by atoms with Crippen molar-refractivity contribution in [1.29, 1.82) is 0 Å². The summed E-state index contributed by atoms with van der Waals surface area (Å²) in [6, 6.07) is 0. The molecule has 1 aliphatic rings. The van der Waals surface area contributed by atoms with Gasteiger partial charge < -0.3 is 19.3 Å². The van der Waals surface area contributed by atoms with E-state index >= 15 is 0 Å². The molecule has 0 amide bonds. The zero-order valence-corrected chi connectivity index (χ0v) is 10.6. The highest BCUT2D eigenvalue weighted by atomic mass is 16.7. The summed E-state index contributed by atoms with van der Waals surface area (Å²) in [6.07, 6.45) is 2.07. The van der Waals surface area contributed by atoms with Gasteiger partial charge in [0, 0.05) is 6.61 Å². The molecular formula is C12H20O6. The molecule has 0 aromatic rings. The molecular weight excluding hydrogens is 240 g/mol. The predicted molar refractivity (Wildman–Crippen MR) is 62.0 cm³/mol. The van der Waals surface area contributed by atoms with Gasteiger partial charge in [0.15, 0.2) is 6.29 Å². The van der Waals surface area contributed by atoms with Gasteiger partial charge in [-0.3, -0.25) is 9.59 Å². The van der Waals surface area contributed by atoms with Crippen LogP contribution in [0.2, 0.25) is 0 Å². The SMILES string of the molecule is C[C@@H](COC1CCCCO1)OC(=O)CCC(=O)O. The number of hydrogen-bond acceptors (Lipinski definition) is 5. The molecule has 0 aliphatic carbocycles. The number of rotatable bonds is 7. The third-order valence-corrected chi connectivity index (χ3v) is 2.53. The van der Waals surface area contributed by atoms with Crippen molar-refractivity contribution in [2.75, 3.05) is 13.2 Å². The summed E-state index contributed by atoms with van der Waals surface area (Å²) in [7, 11) is 0. The molecule has 0 saturated carbocycles. The first-order valence-electron chi connectivity index (χ1n) is 6.22. The molecule has 1 heterocycles. The van der Waals surface area contributed by atoms with Crippen LogP contribution in [-0.2, 0) is 23.8 Å². The van der Waals surface area contributed by atoms with Crippen molar-refractivity contribution in [1.82, 2.24) is 0 Å². The molecule has 2 atom stereocenters. The third-order valence-electron chi connectivity index (χ3n) is 2.53. The van der Waals surface area contributed by atoms with Crippen molar-refractivity contribution in [2.45, 2.75) is 51.4 Å². The minimum Gasteiger partial charge on any atom is -0.481 e. The molecule has 104 valence electrons. The van der Waals surface area contributed by atoms with Crippen molar-refractivity contribution < 1.29 is 28.9 Å². The van der Waals surface area contributed by atoms with E-state index in [2.05, 4.69) is 0 Å². The number of ether oxygens (including phenoxy) is 3. The lowest BCUT2D eigenvalue weighted by atomic mass is 10.2. The van der Waals surface area contributed by atoms with Crippen LogP contribution in [0.3, 0.4) is 0 Å². The molecule has 1 N–H and O–H groups in total. The number of carbonyl (C=O) groups is 2. The number of esters is 1. The monoisotopic (exact) mass is 260 g/mol. The fourth-order valence-electron chi connectivity index (χ4n) is 1.61. The molecule has 0 aromatic heterocycles. The van der Waals surface area contributed by atoms with Crippen molar-refractivity contribution in [2.24, 2.45) is 0 Å². The minimum atomic E-state index is -1.01. The Kier molecular flexibility index (Phi) is 6.67. The maximum absolute atomic E-state index is 11.2. The Balaban J connectivity index is 2.10. The van der Waals surface area contributed by atoms with Gasteiger partial charge in [-0.05, 0) is 26.2 Å². The van der Waals surface area contributed by atoms with Crippen LogP contribution in [0.5, 0.6) is 0 Å². The normalized spacial score (nSPS) is 21.3. The van der Waals surface area contributed by atoms with E-state index in [0.717, 1.165) is 19.3 Å². The summed E-state index contributed by atoms with van der Waals surface area (Å²) >= 11 is 0. The van der Waals surface area contributed by atoms with E-state index in [0.29, 0.717) is 6.61 Å². The van der Waals surface area contributed by atoms with Crippen LogP contribution >= 0.6 is 0 Å². The number of aliphatic carboxylic acids is 1. The lowest BCUT2D eigenvalue weighted by Crippen LogP contribution is -2.28. The molecule has 1 saturated heterocycles. The molecule has 6 heteroatoms. The minimum absolute atomic E-state index is 0.112. The quantitative estimate of drug-likeness (QED) is 0.695. The Bertz CT molecular complexity index is 272. The zero-order valence-electron chi connectivity index (χ0n) is 10.6. The second kappa shape index (κ2) is 8.05. The largest absolute Gasteiger partial charge is 0.481 e. The second-order valence-electron chi connectivity index (χ2n) is 4.32. The molecule has 1 aliphatic heterocycles. The third kappa shape index (κ3) is 6.56. The predicted octanol–water partition coefficient (Wildman–Crippen LogP) is 1.33. The summed E-state index contributed by atoms with van der Waals surface area (Å²) in [5.41, 5.74) is 0. The van der Waals surface area contributed by atoms with E-state index in [4.69, 9.17) is 19.3 Å². The van der Waals surface area contributed by atoms with E-state index in [9.17, 15) is 9.59 Å². The summed E-state index contributed by atoms with van der Waals surface area (Å²) in [5, 5.41) is 8.42. The van der Waals surface area contributed by atoms with Crippen molar-refractivity contribution >= 4 is 11.9 Å². The number of carbonyl (C=O) groups excluding carboxylic acids is 1. The van der Waals surface area contributed by atoms with Gasteiger partial charge >= 0.3 is 11.9 Å². The molecule has 6 nitrogen and oxygen atoms in total. The molecule has 0 radical (unpaired) electrons. The van der Waals surface area contributed by atoms with E-state index in [1.165, 1.54) is 0 Å². The fourth-order valence-corrected chi connectivity index (χ4v) is 1.61. The van der Waals surface area contributed by atoms with Gasteiger partial charge in [-0.15, -0.1) is 0 Å². The molecule has 1 unspecified atom stereocenters. The molecule has 1 fully saturated rings. The first-order valence-corrected chi connectivity index (χ1v) is 6.22. The average molecular weight is 260 g/mol. The van der Waals surface area contributed by atoms with Crippen molar-refractivity contribution in [3.05, 3.63) is 0 Å². The van der Waals surface area contributed by atoms with Crippen LogP contribution in [-0.4, -0.2) is 42.7 Å². The number of carboxylic acid groups (broad SMARTS) is 1. The van der Waals surface area contributed by atoms with E-state index in [1.54, 1.807) is 6.92 Å². The van der Waals surface area contributed by atoms with Gasteiger partial charge in [0.1, 0.15) is 6.10 Å². The Labute approximate surface area is 106 Å². The first-order chi connectivity index (χ1) is 8.58. The molecule has 0 spiro atoms. The maximum atomic E-state index is 11.2. The molecule has 1 rings (SSSR count). The second-order valence-corrected chi connectivity index (χ2v) is 4.32. The van der Waals surface area contributed by atoms with Gasteiger partial charge in [-0.2, -0.15) is 0 Å². The highest BCUT2D eigenvalue weighted by molar-refractivity contribution is 5.76. The van der Waals surface area contributed by atoms with Crippen LogP contribution in [0.1, 0.15) is 39.0 Å².